The van der Waals surface area contributed by atoms with Crippen LogP contribution in [-0.2, 0) is 4.74 Å². The number of anilines is 1. The standard InChI is InChI=1S/C27H32N6O/c1-18-16-32(17-19(2)31(18)3)23-7-4-20(5-8-23)22-6-9-24-25(14-22)33-26(15-28-24)29-30-27(33)21-10-12-34-13-11-21/h4-9,14-15,18-19,21H,10-13,16-17H2,1-3H3/t18-,19?/m0/s1. The molecule has 34 heavy (non-hydrogen) atoms. The van der Waals surface area contributed by atoms with E-state index in [4.69, 9.17) is 4.74 Å². The summed E-state index contributed by atoms with van der Waals surface area (Å²) in [6.07, 6.45) is 3.79. The lowest BCUT2D eigenvalue weighted by atomic mass is 9.99. The summed E-state index contributed by atoms with van der Waals surface area (Å²) in [5, 5.41) is 8.99. The van der Waals surface area contributed by atoms with Crippen molar-refractivity contribution in [1.82, 2.24) is 24.5 Å². The van der Waals surface area contributed by atoms with Crippen molar-refractivity contribution in [3.05, 3.63) is 54.5 Å². The number of nitrogens with zero attached hydrogens (tertiary/aromatic N) is 6. The maximum absolute atomic E-state index is 5.57. The van der Waals surface area contributed by atoms with Gasteiger partial charge >= 0.3 is 0 Å². The SMILES string of the molecule is CC1CN(c2ccc(-c3ccc4ncc5nnc(C6CCOCC6)n5c4c3)cc2)C[C@H](C)N1C. The molecule has 2 aliphatic heterocycles. The van der Waals surface area contributed by atoms with E-state index < -0.39 is 0 Å². The lowest BCUT2D eigenvalue weighted by Crippen LogP contribution is -2.55. The largest absolute Gasteiger partial charge is 0.381 e. The molecule has 2 fully saturated rings. The Labute approximate surface area is 200 Å². The maximum atomic E-state index is 5.57. The molecule has 2 atom stereocenters. The zero-order chi connectivity index (χ0) is 23.2. The van der Waals surface area contributed by atoms with Crippen molar-refractivity contribution in [3.8, 4) is 11.1 Å². The molecule has 0 spiro atoms. The van der Waals surface area contributed by atoms with Gasteiger partial charge in [0.15, 0.2) is 5.65 Å². The predicted octanol–water partition coefficient (Wildman–Crippen LogP) is 4.37. The molecule has 2 aliphatic rings. The summed E-state index contributed by atoms with van der Waals surface area (Å²) in [6.45, 7) is 8.29. The summed E-state index contributed by atoms with van der Waals surface area (Å²) in [6, 6.07) is 16.6. The highest BCUT2D eigenvalue weighted by Gasteiger charge is 2.26. The normalized spacial score (nSPS) is 22.6. The lowest BCUT2D eigenvalue weighted by molar-refractivity contribution is 0.0834. The molecular formula is C27H32N6O. The summed E-state index contributed by atoms with van der Waals surface area (Å²) in [5.74, 6) is 1.39. The van der Waals surface area contributed by atoms with E-state index in [0.29, 0.717) is 18.0 Å². The second kappa shape index (κ2) is 8.64. The number of piperazine rings is 1. The van der Waals surface area contributed by atoms with E-state index >= 15 is 0 Å². The maximum Gasteiger partial charge on any atom is 0.179 e. The van der Waals surface area contributed by atoms with E-state index in [2.05, 4.69) is 92.7 Å². The molecule has 0 bridgehead atoms. The first-order chi connectivity index (χ1) is 16.6. The van der Waals surface area contributed by atoms with Crippen LogP contribution in [0.4, 0.5) is 5.69 Å². The highest BCUT2D eigenvalue weighted by atomic mass is 16.5. The molecule has 0 aliphatic carbocycles. The van der Waals surface area contributed by atoms with Gasteiger partial charge < -0.3 is 9.64 Å². The lowest BCUT2D eigenvalue weighted by Gasteiger charge is -2.43. The summed E-state index contributed by atoms with van der Waals surface area (Å²) in [7, 11) is 2.23. The molecule has 6 rings (SSSR count). The third kappa shape index (κ3) is 3.73. The van der Waals surface area contributed by atoms with Crippen LogP contribution in [0.25, 0.3) is 27.8 Å². The quantitative estimate of drug-likeness (QED) is 0.456. The van der Waals surface area contributed by atoms with E-state index in [0.717, 1.165) is 61.6 Å². The van der Waals surface area contributed by atoms with Gasteiger partial charge in [0, 0.05) is 50.0 Å². The molecule has 0 amide bonds. The molecule has 0 saturated carbocycles. The van der Waals surface area contributed by atoms with Crippen LogP contribution < -0.4 is 4.90 Å². The van der Waals surface area contributed by atoms with Crippen molar-refractivity contribution in [1.29, 1.82) is 0 Å². The average Bonchev–Trinajstić information content (AvgIpc) is 3.32. The van der Waals surface area contributed by atoms with E-state index in [9.17, 15) is 0 Å². The van der Waals surface area contributed by atoms with Gasteiger partial charge in [0.25, 0.3) is 0 Å². The summed E-state index contributed by atoms with van der Waals surface area (Å²) >= 11 is 0. The van der Waals surface area contributed by atoms with Crippen LogP contribution in [0.15, 0.2) is 48.7 Å². The van der Waals surface area contributed by atoms with Crippen LogP contribution in [0.2, 0.25) is 0 Å². The number of likely N-dealkylation sites (N-methyl/N-ethyl adjacent to an activating group) is 1. The molecule has 2 aromatic heterocycles. The minimum atomic E-state index is 0.366. The number of hydrogen-bond acceptors (Lipinski definition) is 6. The molecule has 7 heteroatoms. The van der Waals surface area contributed by atoms with Gasteiger partial charge in [0.1, 0.15) is 5.82 Å². The fourth-order valence-electron chi connectivity index (χ4n) is 5.46. The van der Waals surface area contributed by atoms with Gasteiger partial charge in [-0.15, -0.1) is 10.2 Å². The van der Waals surface area contributed by atoms with Gasteiger partial charge in [-0.05, 0) is 69.1 Å². The monoisotopic (exact) mass is 456 g/mol. The van der Waals surface area contributed by atoms with E-state index in [1.165, 1.54) is 16.8 Å². The Morgan fingerprint density at radius 2 is 1.59 bits per heavy atom. The van der Waals surface area contributed by atoms with Gasteiger partial charge in [-0.1, -0.05) is 18.2 Å². The van der Waals surface area contributed by atoms with Gasteiger partial charge in [-0.3, -0.25) is 14.3 Å². The fraction of sp³-hybridized carbons (Fsp3) is 0.444. The third-order valence-electron chi connectivity index (χ3n) is 7.76. The summed E-state index contributed by atoms with van der Waals surface area (Å²) in [4.78, 5) is 9.61. The molecule has 2 saturated heterocycles. The van der Waals surface area contributed by atoms with Crippen molar-refractivity contribution in [2.45, 2.75) is 44.7 Å². The summed E-state index contributed by atoms with van der Waals surface area (Å²) in [5.41, 5.74) is 6.51. The number of aromatic nitrogens is 4. The fourth-order valence-corrected chi connectivity index (χ4v) is 5.46. The van der Waals surface area contributed by atoms with E-state index in [1.54, 1.807) is 0 Å². The zero-order valence-corrected chi connectivity index (χ0v) is 20.2. The van der Waals surface area contributed by atoms with Crippen LogP contribution in [-0.4, -0.2) is 69.9 Å². The Bertz CT molecular complexity index is 1300. The van der Waals surface area contributed by atoms with Crippen LogP contribution in [0, 0.1) is 0 Å². The molecule has 4 heterocycles. The highest BCUT2D eigenvalue weighted by molar-refractivity contribution is 5.84. The first-order valence-corrected chi connectivity index (χ1v) is 12.4. The van der Waals surface area contributed by atoms with Gasteiger partial charge in [-0.25, -0.2) is 0 Å². The third-order valence-corrected chi connectivity index (χ3v) is 7.76. The van der Waals surface area contributed by atoms with E-state index in [-0.39, 0.29) is 0 Å². The molecule has 0 N–H and O–H groups in total. The predicted molar refractivity (Wildman–Crippen MR) is 135 cm³/mol. The molecular weight excluding hydrogens is 424 g/mol. The number of benzene rings is 2. The number of rotatable bonds is 3. The van der Waals surface area contributed by atoms with Gasteiger partial charge in [0.2, 0.25) is 0 Å². The smallest absolute Gasteiger partial charge is 0.179 e. The first kappa shape index (κ1) is 21.5. The topological polar surface area (TPSA) is 58.8 Å². The van der Waals surface area contributed by atoms with Gasteiger partial charge in [0.05, 0.1) is 17.2 Å². The van der Waals surface area contributed by atoms with Crippen LogP contribution in [0.3, 0.4) is 0 Å². The van der Waals surface area contributed by atoms with Crippen LogP contribution in [0.5, 0.6) is 0 Å². The Hall–Kier alpha value is -3.03. The Morgan fingerprint density at radius 1 is 0.882 bits per heavy atom. The first-order valence-electron chi connectivity index (χ1n) is 12.4. The molecule has 4 aromatic rings. The zero-order valence-electron chi connectivity index (χ0n) is 20.2. The van der Waals surface area contributed by atoms with Crippen molar-refractivity contribution < 1.29 is 4.74 Å². The van der Waals surface area contributed by atoms with Crippen LogP contribution >= 0.6 is 0 Å². The highest BCUT2D eigenvalue weighted by Crippen LogP contribution is 2.31. The van der Waals surface area contributed by atoms with Crippen molar-refractivity contribution in [2.75, 3.05) is 38.3 Å². The molecule has 2 aromatic carbocycles. The van der Waals surface area contributed by atoms with Crippen LogP contribution in [0.1, 0.15) is 38.4 Å². The average molecular weight is 457 g/mol. The molecule has 1 unspecified atom stereocenters. The Morgan fingerprint density at radius 3 is 2.32 bits per heavy atom. The second-order valence-electron chi connectivity index (χ2n) is 9.92. The summed E-state index contributed by atoms with van der Waals surface area (Å²) < 4.78 is 7.77. The number of ether oxygens (including phenoxy) is 1. The Balaban J connectivity index is 1.35. The molecule has 176 valence electrons. The van der Waals surface area contributed by atoms with Gasteiger partial charge in [-0.2, -0.15) is 0 Å². The Kier molecular flexibility index (Phi) is 5.46. The molecule has 0 radical (unpaired) electrons. The second-order valence-corrected chi connectivity index (χ2v) is 9.92. The van der Waals surface area contributed by atoms with E-state index in [1.807, 2.05) is 6.20 Å². The minimum Gasteiger partial charge on any atom is -0.381 e. The number of hydrogen-bond donors (Lipinski definition) is 0. The molecule has 7 nitrogen and oxygen atoms in total. The minimum absolute atomic E-state index is 0.366. The van der Waals surface area contributed by atoms with Crippen molar-refractivity contribution >= 4 is 22.4 Å². The number of fused-ring (bicyclic) bond motifs is 3. The van der Waals surface area contributed by atoms with Crippen molar-refractivity contribution in [3.63, 3.8) is 0 Å². The van der Waals surface area contributed by atoms with Crippen molar-refractivity contribution in [2.24, 2.45) is 0 Å².